The number of ether oxygens (including phenoxy) is 1. The highest BCUT2D eigenvalue weighted by atomic mass is 16.5. The van der Waals surface area contributed by atoms with Gasteiger partial charge in [-0.3, -0.25) is 14.6 Å². The first-order chi connectivity index (χ1) is 14.6. The molecule has 3 aliphatic rings. The molecular formula is C23H33N5O2. The molecule has 5 rings (SSSR count). The minimum atomic E-state index is 0.227. The summed E-state index contributed by atoms with van der Waals surface area (Å²) in [6.45, 7) is 6.41. The van der Waals surface area contributed by atoms with Crippen molar-refractivity contribution in [1.29, 1.82) is 0 Å². The predicted molar refractivity (Wildman–Crippen MR) is 115 cm³/mol. The molecule has 2 saturated heterocycles. The molecule has 2 aromatic rings. The Morgan fingerprint density at radius 2 is 2.10 bits per heavy atom. The fourth-order valence-corrected chi connectivity index (χ4v) is 5.81. The normalized spacial score (nSPS) is 26.8. The lowest BCUT2D eigenvalue weighted by Crippen LogP contribution is -2.47. The predicted octanol–water partition coefficient (Wildman–Crippen LogP) is 1.81. The van der Waals surface area contributed by atoms with Crippen LogP contribution in [0.1, 0.15) is 42.1 Å². The van der Waals surface area contributed by atoms with Gasteiger partial charge in [-0.25, -0.2) is 4.98 Å². The van der Waals surface area contributed by atoms with Crippen LogP contribution in [0.5, 0.6) is 0 Å². The van der Waals surface area contributed by atoms with Crippen LogP contribution in [0.25, 0.3) is 0 Å². The van der Waals surface area contributed by atoms with Crippen LogP contribution in [0.4, 0.5) is 0 Å². The molecule has 2 bridgehead atoms. The number of rotatable bonds is 6. The van der Waals surface area contributed by atoms with Crippen molar-refractivity contribution in [3.63, 3.8) is 0 Å². The summed E-state index contributed by atoms with van der Waals surface area (Å²) in [4.78, 5) is 22.6. The monoisotopic (exact) mass is 411 g/mol. The third-order valence-electron chi connectivity index (χ3n) is 7.29. The molecule has 0 amide bonds. The van der Waals surface area contributed by atoms with Crippen molar-refractivity contribution < 1.29 is 4.74 Å². The van der Waals surface area contributed by atoms with Gasteiger partial charge in [-0.2, -0.15) is 0 Å². The second kappa shape index (κ2) is 8.29. The summed E-state index contributed by atoms with van der Waals surface area (Å²) in [5.74, 6) is 0.992. The Morgan fingerprint density at radius 1 is 1.20 bits per heavy atom. The number of pyridine rings is 1. The van der Waals surface area contributed by atoms with Crippen molar-refractivity contribution in [3.8, 4) is 0 Å². The summed E-state index contributed by atoms with van der Waals surface area (Å²) in [5, 5.41) is 0. The van der Waals surface area contributed by atoms with Crippen LogP contribution in [0.2, 0.25) is 0 Å². The summed E-state index contributed by atoms with van der Waals surface area (Å²) in [5.41, 5.74) is 3.64. The van der Waals surface area contributed by atoms with Gasteiger partial charge in [-0.05, 0) is 37.8 Å². The van der Waals surface area contributed by atoms with Crippen molar-refractivity contribution in [2.24, 2.45) is 13.0 Å². The minimum absolute atomic E-state index is 0.227. The van der Waals surface area contributed by atoms with Crippen molar-refractivity contribution >= 4 is 0 Å². The Morgan fingerprint density at radius 3 is 2.90 bits per heavy atom. The van der Waals surface area contributed by atoms with E-state index in [-0.39, 0.29) is 5.56 Å². The maximum atomic E-state index is 13.4. The van der Waals surface area contributed by atoms with E-state index in [2.05, 4.69) is 43.1 Å². The van der Waals surface area contributed by atoms with Crippen molar-refractivity contribution in [2.45, 2.75) is 50.9 Å². The zero-order valence-electron chi connectivity index (χ0n) is 18.2. The molecule has 7 heteroatoms. The number of hydrogen-bond donors (Lipinski definition) is 0. The van der Waals surface area contributed by atoms with Gasteiger partial charge in [0.05, 0.1) is 18.6 Å². The molecule has 7 nitrogen and oxygen atoms in total. The Labute approximate surface area is 178 Å². The highest BCUT2D eigenvalue weighted by Crippen LogP contribution is 2.35. The Kier molecular flexibility index (Phi) is 5.52. The smallest absolute Gasteiger partial charge is 0.255 e. The fourth-order valence-electron chi connectivity index (χ4n) is 5.81. The number of imidazole rings is 1. The van der Waals surface area contributed by atoms with Crippen LogP contribution < -0.4 is 5.56 Å². The van der Waals surface area contributed by atoms with Crippen LogP contribution in [0.15, 0.2) is 29.5 Å². The van der Waals surface area contributed by atoms with Gasteiger partial charge in [0.15, 0.2) is 0 Å². The van der Waals surface area contributed by atoms with E-state index < -0.39 is 0 Å². The van der Waals surface area contributed by atoms with Crippen LogP contribution in [-0.2, 0) is 31.4 Å². The molecule has 3 aliphatic heterocycles. The van der Waals surface area contributed by atoms with E-state index in [0.717, 1.165) is 57.9 Å². The van der Waals surface area contributed by atoms with Crippen LogP contribution in [0, 0.1) is 5.92 Å². The Hall–Kier alpha value is -1.96. The summed E-state index contributed by atoms with van der Waals surface area (Å²) < 4.78 is 9.58. The SMILES string of the molecule is COC[C@@H]1CCCN1Cc1ccc2n(c1=O)C[C@H]1C[C@@H]2CN(Cc2cncn2C)C1. The van der Waals surface area contributed by atoms with Crippen molar-refractivity contribution in [2.75, 3.05) is 33.4 Å². The second-order valence-corrected chi connectivity index (χ2v) is 9.41. The molecule has 0 aromatic carbocycles. The number of aryl methyl sites for hydroxylation is 1. The van der Waals surface area contributed by atoms with E-state index in [4.69, 9.17) is 4.74 Å². The van der Waals surface area contributed by atoms with E-state index in [1.54, 1.807) is 7.11 Å². The highest BCUT2D eigenvalue weighted by molar-refractivity contribution is 5.22. The number of methoxy groups -OCH3 is 1. The summed E-state index contributed by atoms with van der Waals surface area (Å²) >= 11 is 0. The number of fused-ring (bicyclic) bond motifs is 4. The first-order valence-electron chi connectivity index (χ1n) is 11.3. The van der Waals surface area contributed by atoms with Crippen LogP contribution >= 0.6 is 0 Å². The number of aromatic nitrogens is 3. The average molecular weight is 412 g/mol. The molecule has 0 saturated carbocycles. The molecule has 3 atom stereocenters. The number of hydrogen-bond acceptors (Lipinski definition) is 5. The van der Waals surface area contributed by atoms with E-state index in [0.29, 0.717) is 17.9 Å². The molecule has 0 N–H and O–H groups in total. The van der Waals surface area contributed by atoms with Gasteiger partial charge in [0.1, 0.15) is 0 Å². The number of likely N-dealkylation sites (tertiary alicyclic amines) is 2. The van der Waals surface area contributed by atoms with E-state index in [1.807, 2.05) is 12.5 Å². The topological polar surface area (TPSA) is 55.5 Å². The Balaban J connectivity index is 1.33. The zero-order chi connectivity index (χ0) is 20.7. The van der Waals surface area contributed by atoms with Gasteiger partial charge in [0.2, 0.25) is 0 Å². The average Bonchev–Trinajstić information content (AvgIpc) is 3.34. The molecular weight excluding hydrogens is 378 g/mol. The maximum Gasteiger partial charge on any atom is 0.255 e. The van der Waals surface area contributed by atoms with Gasteiger partial charge in [-0.1, -0.05) is 6.07 Å². The van der Waals surface area contributed by atoms with Gasteiger partial charge in [0, 0.05) is 76.3 Å². The first-order valence-corrected chi connectivity index (χ1v) is 11.3. The molecule has 5 heterocycles. The first kappa shape index (κ1) is 20.0. The minimum Gasteiger partial charge on any atom is -0.383 e. The summed E-state index contributed by atoms with van der Waals surface area (Å²) in [6.07, 6.45) is 7.38. The van der Waals surface area contributed by atoms with Crippen molar-refractivity contribution in [1.82, 2.24) is 23.9 Å². The molecule has 30 heavy (non-hydrogen) atoms. The lowest BCUT2D eigenvalue weighted by atomic mass is 9.83. The molecule has 0 aliphatic carbocycles. The van der Waals surface area contributed by atoms with Gasteiger partial charge >= 0.3 is 0 Å². The van der Waals surface area contributed by atoms with Crippen LogP contribution in [0.3, 0.4) is 0 Å². The lowest BCUT2D eigenvalue weighted by molar-refractivity contribution is 0.108. The standard InChI is InChI=1S/C23H33N5O2/c1-25-16-24-9-21(25)14-26-10-17-8-19(12-26)22-6-5-18(23(29)28(22)11-17)13-27-7-3-4-20(27)15-30-2/h5-6,9,16-17,19-20H,3-4,7-8,10-15H2,1-2H3/t17-,19+,20-/m0/s1. The number of piperidine rings is 1. The number of nitrogens with zero attached hydrogens (tertiary/aromatic N) is 5. The second-order valence-electron chi connectivity index (χ2n) is 9.41. The quantitative estimate of drug-likeness (QED) is 0.726. The highest BCUT2D eigenvalue weighted by Gasteiger charge is 2.35. The zero-order valence-corrected chi connectivity index (χ0v) is 18.2. The fraction of sp³-hybridized carbons (Fsp3) is 0.652. The maximum absolute atomic E-state index is 13.4. The third-order valence-corrected chi connectivity index (χ3v) is 7.29. The molecule has 0 radical (unpaired) electrons. The van der Waals surface area contributed by atoms with Crippen molar-refractivity contribution in [3.05, 3.63) is 52.0 Å². The van der Waals surface area contributed by atoms with Gasteiger partial charge in [-0.15, -0.1) is 0 Å². The van der Waals surface area contributed by atoms with Gasteiger partial charge in [0.25, 0.3) is 5.56 Å². The van der Waals surface area contributed by atoms with Gasteiger partial charge < -0.3 is 13.9 Å². The molecule has 162 valence electrons. The largest absolute Gasteiger partial charge is 0.383 e. The molecule has 2 fully saturated rings. The lowest BCUT2D eigenvalue weighted by Gasteiger charge is -2.43. The Bertz CT molecular complexity index is 951. The summed E-state index contributed by atoms with van der Waals surface area (Å²) in [6, 6.07) is 4.76. The third kappa shape index (κ3) is 3.74. The molecule has 2 aromatic heterocycles. The van der Waals surface area contributed by atoms with Crippen LogP contribution in [-0.4, -0.2) is 63.3 Å². The summed E-state index contributed by atoms with van der Waals surface area (Å²) in [7, 11) is 3.82. The molecule has 0 unspecified atom stereocenters. The molecule has 0 spiro atoms. The van der Waals surface area contributed by atoms with E-state index in [9.17, 15) is 4.79 Å². The van der Waals surface area contributed by atoms with E-state index in [1.165, 1.54) is 24.2 Å². The van der Waals surface area contributed by atoms with E-state index >= 15 is 0 Å².